The van der Waals surface area contributed by atoms with Gasteiger partial charge in [-0.3, -0.25) is 4.79 Å². The molecule has 6 nitrogen and oxygen atoms in total. The van der Waals surface area contributed by atoms with Gasteiger partial charge in [-0.05, 0) is 53.5 Å². The van der Waals surface area contributed by atoms with Crippen LogP contribution in [-0.2, 0) is 15.0 Å². The van der Waals surface area contributed by atoms with Crippen LogP contribution >= 0.6 is 0 Å². The lowest BCUT2D eigenvalue weighted by atomic mass is 9.85. The highest BCUT2D eigenvalue weighted by atomic mass is 16.5. The highest BCUT2D eigenvalue weighted by molar-refractivity contribution is 5.89. The fourth-order valence-electron chi connectivity index (χ4n) is 4.45. The number of benzene rings is 3. The number of hydrazone groups is 1. The van der Waals surface area contributed by atoms with E-state index in [2.05, 4.69) is 34.8 Å². The molecule has 0 unspecified atom stereocenters. The molecule has 1 N–H and O–H groups in total. The highest BCUT2D eigenvalue weighted by Gasteiger charge is 2.60. The van der Waals surface area contributed by atoms with Gasteiger partial charge in [0.25, 0.3) is 0 Å². The maximum atomic E-state index is 13.0. The first-order chi connectivity index (χ1) is 17.6. The molecule has 178 valence electrons. The molecule has 0 radical (unpaired) electrons. The molecule has 1 saturated carbocycles. The van der Waals surface area contributed by atoms with Gasteiger partial charge in [-0.15, -0.1) is 0 Å². The van der Waals surface area contributed by atoms with E-state index in [1.807, 2.05) is 36.4 Å². The minimum absolute atomic E-state index is 0.135. The van der Waals surface area contributed by atoms with Gasteiger partial charge in [0.2, 0.25) is 5.91 Å². The van der Waals surface area contributed by atoms with Crippen LogP contribution in [0.1, 0.15) is 28.9 Å². The fourth-order valence-corrected chi connectivity index (χ4v) is 4.45. The molecule has 36 heavy (non-hydrogen) atoms. The lowest BCUT2D eigenvalue weighted by Crippen LogP contribution is -2.25. The van der Waals surface area contributed by atoms with Gasteiger partial charge in [0.1, 0.15) is 11.5 Å². The van der Waals surface area contributed by atoms with E-state index in [1.165, 1.54) is 24.6 Å². The average molecular weight is 477 g/mol. The molecule has 4 aromatic rings. The zero-order valence-corrected chi connectivity index (χ0v) is 19.4. The van der Waals surface area contributed by atoms with Crippen molar-refractivity contribution < 1.29 is 18.7 Å². The van der Waals surface area contributed by atoms with Crippen LogP contribution in [0.4, 0.5) is 0 Å². The van der Waals surface area contributed by atoms with Crippen molar-refractivity contribution >= 4 is 24.2 Å². The van der Waals surface area contributed by atoms with Crippen molar-refractivity contribution in [3.63, 3.8) is 0 Å². The Morgan fingerprint density at radius 1 is 0.917 bits per heavy atom. The molecule has 0 bridgehead atoms. The molecule has 3 aromatic carbocycles. The van der Waals surface area contributed by atoms with Gasteiger partial charge in [-0.25, -0.2) is 10.2 Å². The quantitative estimate of drug-likeness (QED) is 0.122. The Bertz CT molecular complexity index is 1350. The standard InChI is InChI=1S/C30H24N2O4/c33-28(17-16-25-15-8-18-35-25)36-26-14-7-9-22(19-26)21-31-32-29(34)27-20-30(27,23-10-3-1-4-11-23)24-12-5-2-6-13-24/h1-19,21,27H,20H2,(H,32,34)/b17-16+,31-21?/t27-/m0/s1. The Morgan fingerprint density at radius 3 is 2.31 bits per heavy atom. The number of amides is 1. The van der Waals surface area contributed by atoms with E-state index < -0.39 is 5.97 Å². The summed E-state index contributed by atoms with van der Waals surface area (Å²) in [5, 5.41) is 4.15. The van der Waals surface area contributed by atoms with E-state index in [0.717, 1.165) is 17.5 Å². The number of esters is 1. The number of rotatable bonds is 8. The van der Waals surface area contributed by atoms with E-state index in [4.69, 9.17) is 9.15 Å². The summed E-state index contributed by atoms with van der Waals surface area (Å²) < 4.78 is 10.5. The normalized spacial score (nSPS) is 16.2. The second-order valence-corrected chi connectivity index (χ2v) is 8.54. The number of hydrogen-bond acceptors (Lipinski definition) is 5. The molecule has 0 aliphatic heterocycles. The lowest BCUT2D eigenvalue weighted by Gasteiger charge is -2.18. The summed E-state index contributed by atoms with van der Waals surface area (Å²) in [4.78, 5) is 25.1. The van der Waals surface area contributed by atoms with Crippen molar-refractivity contribution in [3.8, 4) is 5.75 Å². The van der Waals surface area contributed by atoms with Crippen molar-refractivity contribution in [3.05, 3.63) is 132 Å². The first kappa shape index (κ1) is 23.1. The average Bonchev–Trinajstić information content (AvgIpc) is 3.47. The van der Waals surface area contributed by atoms with Crippen LogP contribution in [0.2, 0.25) is 0 Å². The zero-order chi connectivity index (χ0) is 24.8. The van der Waals surface area contributed by atoms with Gasteiger partial charge in [0, 0.05) is 11.5 Å². The number of nitrogens with one attached hydrogen (secondary N) is 1. The minimum Gasteiger partial charge on any atom is -0.465 e. The molecule has 0 saturated heterocycles. The van der Waals surface area contributed by atoms with Gasteiger partial charge < -0.3 is 9.15 Å². The van der Waals surface area contributed by atoms with Gasteiger partial charge >= 0.3 is 5.97 Å². The van der Waals surface area contributed by atoms with Crippen LogP contribution in [0, 0.1) is 5.92 Å². The van der Waals surface area contributed by atoms with Crippen molar-refractivity contribution in [2.45, 2.75) is 11.8 Å². The summed E-state index contributed by atoms with van der Waals surface area (Å²) in [5.41, 5.74) is 5.26. The largest absolute Gasteiger partial charge is 0.465 e. The zero-order valence-electron chi connectivity index (χ0n) is 19.4. The fraction of sp³-hybridized carbons (Fsp3) is 0.100. The Kier molecular flexibility index (Phi) is 6.58. The summed E-state index contributed by atoms with van der Waals surface area (Å²) >= 11 is 0. The van der Waals surface area contributed by atoms with Gasteiger partial charge in [0.05, 0.1) is 18.4 Å². The number of furan rings is 1. The molecule has 6 heteroatoms. The van der Waals surface area contributed by atoms with Crippen LogP contribution < -0.4 is 10.2 Å². The molecule has 1 heterocycles. The van der Waals surface area contributed by atoms with Crippen molar-refractivity contribution in [1.82, 2.24) is 5.43 Å². The maximum absolute atomic E-state index is 13.0. The Hall–Kier alpha value is -4.71. The van der Waals surface area contributed by atoms with Crippen LogP contribution in [-0.4, -0.2) is 18.1 Å². The topological polar surface area (TPSA) is 80.9 Å². The van der Waals surface area contributed by atoms with E-state index in [9.17, 15) is 9.59 Å². The third-order valence-corrected chi connectivity index (χ3v) is 6.25. The molecule has 1 aromatic heterocycles. The van der Waals surface area contributed by atoms with E-state index in [1.54, 1.807) is 36.4 Å². The Labute approximate surface area is 208 Å². The number of hydrogen-bond donors (Lipinski definition) is 1. The van der Waals surface area contributed by atoms with Crippen LogP contribution in [0.5, 0.6) is 5.75 Å². The minimum atomic E-state index is -0.527. The maximum Gasteiger partial charge on any atom is 0.336 e. The molecule has 1 atom stereocenters. The monoisotopic (exact) mass is 476 g/mol. The van der Waals surface area contributed by atoms with E-state index in [-0.39, 0.29) is 17.2 Å². The summed E-state index contributed by atoms with van der Waals surface area (Å²) in [5.74, 6) is 0.0505. The summed E-state index contributed by atoms with van der Waals surface area (Å²) in [7, 11) is 0. The van der Waals surface area contributed by atoms with Crippen molar-refractivity contribution in [1.29, 1.82) is 0 Å². The first-order valence-corrected chi connectivity index (χ1v) is 11.6. The second kappa shape index (κ2) is 10.3. The third-order valence-electron chi connectivity index (χ3n) is 6.25. The molecule has 1 amide bonds. The van der Waals surface area contributed by atoms with Gasteiger partial charge in [-0.2, -0.15) is 5.10 Å². The molecular weight excluding hydrogens is 452 g/mol. The molecule has 0 spiro atoms. The molecule has 1 aliphatic rings. The third kappa shape index (κ3) is 5.03. The highest BCUT2D eigenvalue weighted by Crippen LogP contribution is 2.58. The molecule has 5 rings (SSSR count). The van der Waals surface area contributed by atoms with Crippen LogP contribution in [0.3, 0.4) is 0 Å². The predicted molar refractivity (Wildman–Crippen MR) is 137 cm³/mol. The Balaban J connectivity index is 1.23. The first-order valence-electron chi connectivity index (χ1n) is 11.6. The van der Waals surface area contributed by atoms with Crippen LogP contribution in [0.25, 0.3) is 6.08 Å². The number of nitrogens with zero attached hydrogens (tertiary/aromatic N) is 1. The van der Waals surface area contributed by atoms with Crippen LogP contribution in [0.15, 0.2) is 119 Å². The molecular formula is C30H24N2O4. The van der Waals surface area contributed by atoms with Crippen molar-refractivity contribution in [2.24, 2.45) is 11.0 Å². The summed E-state index contributed by atoms with van der Waals surface area (Å²) in [6, 6.07) is 30.6. The number of ether oxygens (including phenoxy) is 1. The smallest absolute Gasteiger partial charge is 0.336 e. The van der Waals surface area contributed by atoms with E-state index >= 15 is 0 Å². The molecule has 1 aliphatic carbocycles. The predicted octanol–water partition coefficient (Wildman–Crippen LogP) is 5.35. The van der Waals surface area contributed by atoms with E-state index in [0.29, 0.717) is 17.1 Å². The second-order valence-electron chi connectivity index (χ2n) is 8.54. The Morgan fingerprint density at radius 2 is 1.64 bits per heavy atom. The number of carbonyl (C=O) groups excluding carboxylic acids is 2. The van der Waals surface area contributed by atoms with Crippen molar-refractivity contribution in [2.75, 3.05) is 0 Å². The lowest BCUT2D eigenvalue weighted by molar-refractivity contribution is -0.129. The summed E-state index contributed by atoms with van der Waals surface area (Å²) in [6.07, 6.45) is 6.61. The molecule has 1 fully saturated rings. The van der Waals surface area contributed by atoms with Gasteiger partial charge in [-0.1, -0.05) is 72.8 Å². The number of carbonyl (C=O) groups is 2. The van der Waals surface area contributed by atoms with Gasteiger partial charge in [0.15, 0.2) is 0 Å². The summed E-state index contributed by atoms with van der Waals surface area (Å²) in [6.45, 7) is 0. The SMILES string of the molecule is O=C(/C=C/c1ccco1)Oc1cccc(C=NNC(=O)[C@@H]2CC2(c2ccccc2)c2ccccc2)c1.